The van der Waals surface area contributed by atoms with Gasteiger partial charge in [0.25, 0.3) is 16.0 Å². The third kappa shape index (κ3) is 9.21. The molecule has 0 aliphatic heterocycles. The highest BCUT2D eigenvalue weighted by Gasteiger charge is 2.27. The fourth-order valence-corrected chi connectivity index (χ4v) is 7.54. The molecule has 13 heteroatoms. The number of carbonyl (C=O) groups is 2. The van der Waals surface area contributed by atoms with E-state index in [1.54, 1.807) is 45.0 Å². The molecule has 1 N–H and O–H groups in total. The fourth-order valence-electron chi connectivity index (χ4n) is 6.05. The number of amides is 1. The summed E-state index contributed by atoms with van der Waals surface area (Å²) in [5, 5.41) is 1.06. The van der Waals surface area contributed by atoms with Gasteiger partial charge in [-0.05, 0) is 83.4 Å². The standard InChI is InChI=1S/C38H43N3O8S2/c1-6-40(7-2)25-19-20-28-30(24-25)48-37(44)34(35-39-29-16-10-11-17-31(29)50-35)33(28)26-14-8-9-15-27(26)36(43)41(22-13-23-51(45,46)47)21-12-18-32(42)49-38(3,4)5/h8-11,14-17,19-20,24H,6-7,12-13,18,21-23H2,1-5H3,(H,45,46,47). The topological polar surface area (TPSA) is 147 Å². The van der Waals surface area contributed by atoms with Gasteiger partial charge in [-0.1, -0.05) is 30.3 Å². The van der Waals surface area contributed by atoms with Crippen molar-refractivity contribution in [1.29, 1.82) is 0 Å². The first-order valence-corrected chi connectivity index (χ1v) is 19.4. The van der Waals surface area contributed by atoms with Crippen molar-refractivity contribution in [2.45, 2.75) is 59.5 Å². The zero-order valence-electron chi connectivity index (χ0n) is 29.5. The molecule has 2 heterocycles. The maximum absolute atomic E-state index is 14.5. The fraction of sp³-hybridized carbons (Fsp3) is 0.368. The third-order valence-electron chi connectivity index (χ3n) is 8.30. The van der Waals surface area contributed by atoms with Crippen LogP contribution in [0.3, 0.4) is 0 Å². The van der Waals surface area contributed by atoms with Crippen LogP contribution in [0.15, 0.2) is 75.9 Å². The van der Waals surface area contributed by atoms with Crippen molar-refractivity contribution in [2.24, 2.45) is 0 Å². The minimum absolute atomic E-state index is 0.00307. The van der Waals surface area contributed by atoms with Gasteiger partial charge in [0.2, 0.25) is 0 Å². The number of hydrogen-bond acceptors (Lipinski definition) is 10. The van der Waals surface area contributed by atoms with E-state index in [0.29, 0.717) is 27.1 Å². The van der Waals surface area contributed by atoms with Gasteiger partial charge in [0.1, 0.15) is 21.8 Å². The van der Waals surface area contributed by atoms with Gasteiger partial charge in [-0.25, -0.2) is 9.78 Å². The summed E-state index contributed by atoms with van der Waals surface area (Å²) in [6.45, 7) is 11.0. The number of benzene rings is 3. The summed E-state index contributed by atoms with van der Waals surface area (Å²) in [4.78, 5) is 49.4. The van der Waals surface area contributed by atoms with E-state index in [9.17, 15) is 27.4 Å². The maximum Gasteiger partial charge on any atom is 0.347 e. The molecule has 0 aliphatic rings. The van der Waals surface area contributed by atoms with Crippen molar-refractivity contribution in [2.75, 3.05) is 36.8 Å². The summed E-state index contributed by atoms with van der Waals surface area (Å²) in [5.74, 6) is -1.38. The number of hydrogen-bond donors (Lipinski definition) is 1. The Morgan fingerprint density at radius 1 is 0.941 bits per heavy atom. The second kappa shape index (κ2) is 15.7. The Morgan fingerprint density at radius 3 is 2.31 bits per heavy atom. The van der Waals surface area contributed by atoms with Crippen LogP contribution in [0, 0.1) is 0 Å². The Hall–Kier alpha value is -4.59. The largest absolute Gasteiger partial charge is 0.460 e. The van der Waals surface area contributed by atoms with Crippen molar-refractivity contribution in [3.8, 4) is 21.7 Å². The average molecular weight is 734 g/mol. The molecular formula is C38H43N3O8S2. The second-order valence-electron chi connectivity index (χ2n) is 13.1. The van der Waals surface area contributed by atoms with E-state index in [1.165, 1.54) is 16.2 Å². The average Bonchev–Trinajstić information content (AvgIpc) is 3.50. The molecule has 0 radical (unpaired) electrons. The first-order chi connectivity index (χ1) is 24.2. The van der Waals surface area contributed by atoms with E-state index in [1.807, 2.05) is 56.3 Å². The van der Waals surface area contributed by atoms with Crippen molar-refractivity contribution in [3.63, 3.8) is 0 Å². The Bertz CT molecular complexity index is 2180. The van der Waals surface area contributed by atoms with Crippen LogP contribution in [-0.2, 0) is 19.6 Å². The van der Waals surface area contributed by atoms with E-state index >= 15 is 0 Å². The molecule has 0 saturated carbocycles. The molecule has 0 bridgehead atoms. The third-order valence-corrected chi connectivity index (χ3v) is 10.2. The highest BCUT2D eigenvalue weighted by Crippen LogP contribution is 2.41. The van der Waals surface area contributed by atoms with E-state index < -0.39 is 39.0 Å². The molecule has 5 aromatic rings. The van der Waals surface area contributed by atoms with Crippen LogP contribution in [0.5, 0.6) is 0 Å². The monoisotopic (exact) mass is 733 g/mol. The van der Waals surface area contributed by atoms with Crippen LogP contribution >= 0.6 is 11.3 Å². The van der Waals surface area contributed by atoms with Gasteiger partial charge in [0.15, 0.2) is 0 Å². The summed E-state index contributed by atoms with van der Waals surface area (Å²) < 4.78 is 44.8. The molecule has 0 saturated heterocycles. The number of esters is 1. The van der Waals surface area contributed by atoms with Crippen LogP contribution in [0.25, 0.3) is 42.9 Å². The lowest BCUT2D eigenvalue weighted by atomic mass is 9.92. The van der Waals surface area contributed by atoms with Crippen LogP contribution in [0.4, 0.5) is 5.69 Å². The molecule has 11 nitrogen and oxygen atoms in total. The Balaban J connectivity index is 1.65. The first kappa shape index (κ1) is 37.7. The molecule has 0 aliphatic carbocycles. The number of thiazole rings is 1. The van der Waals surface area contributed by atoms with E-state index in [2.05, 4.69) is 4.90 Å². The van der Waals surface area contributed by atoms with Gasteiger partial charge < -0.3 is 19.0 Å². The summed E-state index contributed by atoms with van der Waals surface area (Å²) in [7, 11) is -4.27. The summed E-state index contributed by atoms with van der Waals surface area (Å²) >= 11 is 1.35. The van der Waals surface area contributed by atoms with E-state index in [-0.39, 0.29) is 43.5 Å². The van der Waals surface area contributed by atoms with Crippen LogP contribution in [-0.4, -0.2) is 72.3 Å². The number of fused-ring (bicyclic) bond motifs is 2. The highest BCUT2D eigenvalue weighted by molar-refractivity contribution is 7.85. The molecule has 0 spiro atoms. The first-order valence-electron chi connectivity index (χ1n) is 17.0. The predicted molar refractivity (Wildman–Crippen MR) is 202 cm³/mol. The number of carbonyl (C=O) groups excluding carboxylic acids is 2. The molecule has 0 fully saturated rings. The number of anilines is 1. The van der Waals surface area contributed by atoms with Crippen LogP contribution < -0.4 is 10.5 Å². The minimum atomic E-state index is -4.27. The summed E-state index contributed by atoms with van der Waals surface area (Å²) in [5.41, 5.74) is 2.14. The van der Waals surface area contributed by atoms with Crippen LogP contribution in [0.2, 0.25) is 0 Å². The second-order valence-corrected chi connectivity index (χ2v) is 15.7. The number of para-hydroxylation sites is 1. The van der Waals surface area contributed by atoms with Gasteiger partial charge in [-0.3, -0.25) is 14.1 Å². The molecule has 2 aromatic heterocycles. The molecule has 3 aromatic carbocycles. The molecule has 0 unspecified atom stereocenters. The van der Waals surface area contributed by atoms with Crippen molar-refractivity contribution < 1.29 is 31.7 Å². The Kier molecular flexibility index (Phi) is 11.6. The minimum Gasteiger partial charge on any atom is -0.460 e. The lowest BCUT2D eigenvalue weighted by molar-refractivity contribution is -0.155. The predicted octanol–water partition coefficient (Wildman–Crippen LogP) is 7.42. The van der Waals surface area contributed by atoms with Crippen molar-refractivity contribution in [3.05, 3.63) is 82.7 Å². The van der Waals surface area contributed by atoms with Gasteiger partial charge in [-0.2, -0.15) is 8.42 Å². The quantitative estimate of drug-likeness (QED) is 0.0695. The summed E-state index contributed by atoms with van der Waals surface area (Å²) in [6, 6.07) is 20.2. The van der Waals surface area contributed by atoms with Gasteiger partial charge in [0, 0.05) is 60.9 Å². The number of aromatic nitrogens is 1. The zero-order valence-corrected chi connectivity index (χ0v) is 31.1. The molecule has 5 rings (SSSR count). The maximum atomic E-state index is 14.5. The van der Waals surface area contributed by atoms with E-state index in [0.717, 1.165) is 29.0 Å². The lowest BCUT2D eigenvalue weighted by Crippen LogP contribution is -2.34. The normalized spacial score (nSPS) is 12.0. The SMILES string of the molecule is CCN(CC)c1ccc2c(-c3ccccc3C(=O)N(CCCC(=O)OC(C)(C)C)CCCS(=O)(=O)O)c(-c3nc4ccccc4s3)c(=O)oc2c1. The molecular weight excluding hydrogens is 691 g/mol. The smallest absolute Gasteiger partial charge is 0.347 e. The molecule has 270 valence electrons. The highest BCUT2D eigenvalue weighted by atomic mass is 32.2. The number of rotatable bonds is 14. The van der Waals surface area contributed by atoms with Gasteiger partial charge in [-0.15, -0.1) is 11.3 Å². The number of nitrogens with zero attached hydrogens (tertiary/aromatic N) is 3. The van der Waals surface area contributed by atoms with Gasteiger partial charge in [0.05, 0.1) is 16.0 Å². The Morgan fingerprint density at radius 2 is 1.63 bits per heavy atom. The summed E-state index contributed by atoms with van der Waals surface area (Å²) in [6.07, 6.45) is 0.280. The van der Waals surface area contributed by atoms with Gasteiger partial charge >= 0.3 is 11.6 Å². The van der Waals surface area contributed by atoms with Crippen LogP contribution in [0.1, 0.15) is 64.2 Å². The number of ether oxygens (including phenoxy) is 1. The van der Waals surface area contributed by atoms with E-state index in [4.69, 9.17) is 14.1 Å². The molecule has 0 atom stereocenters. The molecule has 1 amide bonds. The Labute approximate surface area is 301 Å². The molecule has 51 heavy (non-hydrogen) atoms. The lowest BCUT2D eigenvalue weighted by Gasteiger charge is -2.25. The van der Waals surface area contributed by atoms with Crippen molar-refractivity contribution in [1.82, 2.24) is 9.88 Å². The zero-order chi connectivity index (χ0) is 36.9. The van der Waals surface area contributed by atoms with Crippen molar-refractivity contribution >= 4 is 60.2 Å².